The first-order valence-corrected chi connectivity index (χ1v) is 10.4. The molecule has 1 aliphatic heterocycles. The molecule has 1 aliphatic rings. The van der Waals surface area contributed by atoms with Crippen LogP contribution in [0.3, 0.4) is 0 Å². The maximum absolute atomic E-state index is 13.0. The summed E-state index contributed by atoms with van der Waals surface area (Å²) in [6, 6.07) is 9.46. The molecule has 0 spiro atoms. The molecule has 0 amide bonds. The fourth-order valence-corrected chi connectivity index (χ4v) is 5.05. The van der Waals surface area contributed by atoms with Crippen LogP contribution in [-0.4, -0.2) is 59.0 Å². The van der Waals surface area contributed by atoms with Crippen LogP contribution in [0.15, 0.2) is 39.6 Å². The van der Waals surface area contributed by atoms with E-state index < -0.39 is 10.0 Å². The lowest BCUT2D eigenvalue weighted by molar-refractivity contribution is 0.0730. The van der Waals surface area contributed by atoms with Crippen molar-refractivity contribution in [3.8, 4) is 11.5 Å². The Morgan fingerprint density at radius 1 is 1.07 bits per heavy atom. The summed E-state index contributed by atoms with van der Waals surface area (Å²) in [6.45, 7) is 5.12. The number of rotatable bonds is 5. The number of aromatic nitrogens is 4. The molecule has 28 heavy (non-hydrogen) atoms. The van der Waals surface area contributed by atoms with E-state index in [1.807, 2.05) is 30.3 Å². The molecule has 4 rings (SSSR count). The van der Waals surface area contributed by atoms with Crippen molar-refractivity contribution < 1.29 is 17.6 Å². The molecule has 0 aliphatic carbocycles. The van der Waals surface area contributed by atoms with E-state index in [4.69, 9.17) is 9.15 Å². The first kappa shape index (κ1) is 18.8. The number of sulfonamides is 1. The Kier molecular flexibility index (Phi) is 5.00. The zero-order chi connectivity index (χ0) is 19.7. The minimum atomic E-state index is -3.63. The maximum atomic E-state index is 13.0. The summed E-state index contributed by atoms with van der Waals surface area (Å²) in [5, 5.41) is 12.5. The predicted molar refractivity (Wildman–Crippen MR) is 100 cm³/mol. The Labute approximate surface area is 163 Å². The lowest BCUT2D eigenvalue weighted by Crippen LogP contribution is -2.41. The number of ether oxygens (including phenoxy) is 1. The second kappa shape index (κ2) is 7.46. The molecule has 1 saturated heterocycles. The lowest BCUT2D eigenvalue weighted by Gasteiger charge is -2.26. The summed E-state index contributed by atoms with van der Waals surface area (Å²) < 4.78 is 40.1. The van der Waals surface area contributed by atoms with Gasteiger partial charge in [-0.2, -0.15) is 9.40 Å². The molecule has 0 N–H and O–H groups in total. The van der Waals surface area contributed by atoms with Gasteiger partial charge in [0.25, 0.3) is 0 Å². The molecule has 9 nitrogen and oxygen atoms in total. The highest BCUT2D eigenvalue weighted by molar-refractivity contribution is 7.89. The highest BCUT2D eigenvalue weighted by atomic mass is 32.2. The Balaban J connectivity index is 1.61. The van der Waals surface area contributed by atoms with Crippen molar-refractivity contribution >= 4 is 10.0 Å². The van der Waals surface area contributed by atoms with Gasteiger partial charge < -0.3 is 9.15 Å². The third-order valence-electron chi connectivity index (χ3n) is 4.66. The van der Waals surface area contributed by atoms with Crippen molar-refractivity contribution in [1.29, 1.82) is 0 Å². The molecule has 1 aromatic carbocycles. The number of hydrogen-bond donors (Lipinski definition) is 0. The van der Waals surface area contributed by atoms with Gasteiger partial charge in [0.15, 0.2) is 0 Å². The highest BCUT2D eigenvalue weighted by Gasteiger charge is 2.32. The van der Waals surface area contributed by atoms with Crippen LogP contribution < -0.4 is 0 Å². The van der Waals surface area contributed by atoms with Crippen LogP contribution in [0.4, 0.5) is 0 Å². The summed E-state index contributed by atoms with van der Waals surface area (Å²) in [5.41, 5.74) is 1.82. The Morgan fingerprint density at radius 2 is 1.79 bits per heavy atom. The van der Waals surface area contributed by atoms with E-state index in [9.17, 15) is 8.42 Å². The molecular weight excluding hydrogens is 382 g/mol. The van der Waals surface area contributed by atoms with Gasteiger partial charge in [-0.1, -0.05) is 18.2 Å². The summed E-state index contributed by atoms with van der Waals surface area (Å²) in [7, 11) is -3.63. The second-order valence-corrected chi connectivity index (χ2v) is 8.42. The second-order valence-electron chi connectivity index (χ2n) is 6.54. The van der Waals surface area contributed by atoms with Gasteiger partial charge in [0.1, 0.15) is 11.4 Å². The highest BCUT2D eigenvalue weighted by Crippen LogP contribution is 2.25. The van der Waals surface area contributed by atoms with Crippen molar-refractivity contribution in [3.63, 3.8) is 0 Å². The van der Waals surface area contributed by atoms with Crippen LogP contribution in [0.1, 0.15) is 17.3 Å². The van der Waals surface area contributed by atoms with Crippen LogP contribution in [-0.2, 0) is 21.3 Å². The van der Waals surface area contributed by atoms with Crippen LogP contribution in [0, 0.1) is 13.8 Å². The van der Waals surface area contributed by atoms with Gasteiger partial charge >= 0.3 is 0 Å². The Hall–Kier alpha value is -2.56. The van der Waals surface area contributed by atoms with Gasteiger partial charge in [0.05, 0.1) is 24.6 Å². The molecule has 3 aromatic rings. The molecule has 0 bridgehead atoms. The van der Waals surface area contributed by atoms with E-state index in [1.54, 1.807) is 18.5 Å². The number of morpholine rings is 1. The molecule has 0 saturated carbocycles. The van der Waals surface area contributed by atoms with Gasteiger partial charge in [0, 0.05) is 18.7 Å². The van der Waals surface area contributed by atoms with E-state index in [-0.39, 0.29) is 11.4 Å². The van der Waals surface area contributed by atoms with Crippen molar-refractivity contribution in [2.24, 2.45) is 0 Å². The summed E-state index contributed by atoms with van der Waals surface area (Å²) >= 11 is 0. The molecule has 3 heterocycles. The SMILES string of the molecule is Cc1nn(Cc2nnc(-c3ccccc3)o2)c(C)c1S(=O)(=O)N1CCOCC1. The van der Waals surface area contributed by atoms with E-state index in [0.717, 1.165) is 5.56 Å². The molecule has 10 heteroatoms. The molecule has 0 unspecified atom stereocenters. The fraction of sp³-hybridized carbons (Fsp3) is 0.389. The van der Waals surface area contributed by atoms with Crippen LogP contribution in [0.5, 0.6) is 0 Å². The van der Waals surface area contributed by atoms with E-state index in [1.165, 1.54) is 4.31 Å². The van der Waals surface area contributed by atoms with Gasteiger partial charge in [-0.3, -0.25) is 4.68 Å². The van der Waals surface area contributed by atoms with Crippen molar-refractivity contribution in [1.82, 2.24) is 24.3 Å². The number of benzene rings is 1. The Bertz CT molecular complexity index is 1070. The third-order valence-corrected chi connectivity index (χ3v) is 6.81. The molecule has 2 aromatic heterocycles. The fourth-order valence-electron chi connectivity index (χ4n) is 3.27. The first-order chi connectivity index (χ1) is 13.5. The monoisotopic (exact) mass is 403 g/mol. The van der Waals surface area contributed by atoms with Gasteiger partial charge in [-0.25, -0.2) is 8.42 Å². The molecule has 1 fully saturated rings. The zero-order valence-electron chi connectivity index (χ0n) is 15.7. The van der Waals surface area contributed by atoms with E-state index >= 15 is 0 Å². The lowest BCUT2D eigenvalue weighted by atomic mass is 10.2. The normalized spacial score (nSPS) is 15.8. The van der Waals surface area contributed by atoms with Crippen molar-refractivity contribution in [2.45, 2.75) is 25.3 Å². The zero-order valence-corrected chi connectivity index (χ0v) is 16.5. The number of nitrogens with zero attached hydrogens (tertiary/aromatic N) is 5. The molecular formula is C18H21N5O4S. The molecule has 148 valence electrons. The van der Waals surface area contributed by atoms with Crippen LogP contribution >= 0.6 is 0 Å². The molecule has 0 atom stereocenters. The number of hydrogen-bond acceptors (Lipinski definition) is 7. The average molecular weight is 403 g/mol. The average Bonchev–Trinajstić information content (AvgIpc) is 3.28. The van der Waals surface area contributed by atoms with Crippen molar-refractivity contribution in [2.75, 3.05) is 26.3 Å². The summed E-state index contributed by atoms with van der Waals surface area (Å²) in [5.74, 6) is 0.776. The van der Waals surface area contributed by atoms with Gasteiger partial charge in [-0.05, 0) is 26.0 Å². The maximum Gasteiger partial charge on any atom is 0.247 e. The van der Waals surface area contributed by atoms with Crippen molar-refractivity contribution in [3.05, 3.63) is 47.6 Å². The van der Waals surface area contributed by atoms with Gasteiger partial charge in [-0.15, -0.1) is 10.2 Å². The quantitative estimate of drug-likeness (QED) is 0.638. The van der Waals surface area contributed by atoms with E-state index in [2.05, 4.69) is 15.3 Å². The predicted octanol–water partition coefficient (Wildman–Crippen LogP) is 1.62. The van der Waals surface area contributed by atoms with Crippen LogP contribution in [0.25, 0.3) is 11.5 Å². The number of aryl methyl sites for hydroxylation is 1. The first-order valence-electron chi connectivity index (χ1n) is 8.96. The smallest absolute Gasteiger partial charge is 0.247 e. The minimum Gasteiger partial charge on any atom is -0.419 e. The third kappa shape index (κ3) is 3.46. The largest absolute Gasteiger partial charge is 0.419 e. The van der Waals surface area contributed by atoms with Gasteiger partial charge in [0.2, 0.25) is 21.8 Å². The van der Waals surface area contributed by atoms with E-state index in [0.29, 0.717) is 49.5 Å². The summed E-state index contributed by atoms with van der Waals surface area (Å²) in [6.07, 6.45) is 0. The van der Waals surface area contributed by atoms with Crippen LogP contribution in [0.2, 0.25) is 0 Å². The topological polar surface area (TPSA) is 103 Å². The standard InChI is InChI=1S/C18H21N5O4S/c1-13-17(28(24,25)22-8-10-26-11-9-22)14(2)23(21-13)12-16-19-20-18(27-16)15-6-4-3-5-7-15/h3-7H,8-12H2,1-2H3. The summed E-state index contributed by atoms with van der Waals surface area (Å²) in [4.78, 5) is 0.234. The minimum absolute atomic E-state index is 0.200. The Morgan fingerprint density at radius 3 is 2.50 bits per heavy atom. The molecule has 0 radical (unpaired) electrons.